The number of para-hydroxylation sites is 1. The third kappa shape index (κ3) is 5.69. The van der Waals surface area contributed by atoms with Crippen LogP contribution in [0.2, 0.25) is 0 Å². The minimum Gasteiger partial charge on any atom is -0.497 e. The number of nitrogens with one attached hydrogen (secondary N) is 2. The first-order valence-corrected chi connectivity index (χ1v) is 7.83. The van der Waals surface area contributed by atoms with Crippen molar-refractivity contribution >= 4 is 23.0 Å². The molecule has 0 saturated heterocycles. The van der Waals surface area contributed by atoms with Gasteiger partial charge in [0.05, 0.1) is 19.9 Å². The zero-order chi connectivity index (χ0) is 19.2. The van der Waals surface area contributed by atoms with Crippen molar-refractivity contribution in [2.24, 2.45) is 0 Å². The number of benzene rings is 2. The monoisotopic (exact) mass is 386 g/mol. The second-order valence-corrected chi connectivity index (χ2v) is 5.44. The van der Waals surface area contributed by atoms with Gasteiger partial charge in [-0.2, -0.15) is 0 Å². The van der Waals surface area contributed by atoms with Crippen molar-refractivity contribution in [3.8, 4) is 17.2 Å². The molecule has 0 saturated carbocycles. The second kappa shape index (κ2) is 8.61. The summed E-state index contributed by atoms with van der Waals surface area (Å²) in [6.07, 6.45) is -4.76. The summed E-state index contributed by atoms with van der Waals surface area (Å²) in [6.45, 7) is 0.0460. The van der Waals surface area contributed by atoms with Crippen LogP contribution in [0.15, 0.2) is 42.5 Å². The van der Waals surface area contributed by atoms with Gasteiger partial charge in [0.2, 0.25) is 0 Å². The number of alkyl halides is 3. The maximum absolute atomic E-state index is 12.5. The van der Waals surface area contributed by atoms with Crippen molar-refractivity contribution in [3.05, 3.63) is 48.0 Å². The van der Waals surface area contributed by atoms with Crippen LogP contribution in [0, 0.1) is 0 Å². The van der Waals surface area contributed by atoms with Gasteiger partial charge in [0.25, 0.3) is 0 Å². The Kier molecular flexibility index (Phi) is 6.51. The molecule has 26 heavy (non-hydrogen) atoms. The molecule has 0 aromatic heterocycles. The van der Waals surface area contributed by atoms with Gasteiger partial charge in [-0.25, -0.2) is 0 Å². The molecule has 0 amide bonds. The number of rotatable bonds is 6. The standard InChI is InChI=1S/C17H17F3N2O3S/c1-23-12-7-8-15(24-2)13(9-12)22-16(26)21-10-11-5-3-4-6-14(11)25-17(18,19)20/h3-9H,10H2,1-2H3,(H2,21,22,26). The van der Waals surface area contributed by atoms with Gasteiger partial charge in [-0.05, 0) is 30.4 Å². The van der Waals surface area contributed by atoms with Gasteiger partial charge in [0, 0.05) is 18.2 Å². The summed E-state index contributed by atoms with van der Waals surface area (Å²) in [5, 5.41) is 5.97. The first-order chi connectivity index (χ1) is 12.3. The molecule has 0 aliphatic heterocycles. The molecule has 0 aliphatic rings. The van der Waals surface area contributed by atoms with Crippen LogP contribution < -0.4 is 24.8 Å². The van der Waals surface area contributed by atoms with E-state index < -0.39 is 6.36 Å². The van der Waals surface area contributed by atoms with Gasteiger partial charge in [-0.15, -0.1) is 13.2 Å². The molecule has 0 spiro atoms. The fourth-order valence-corrected chi connectivity index (χ4v) is 2.31. The molecule has 2 aromatic carbocycles. The third-order valence-corrected chi connectivity index (χ3v) is 3.54. The van der Waals surface area contributed by atoms with Crippen molar-refractivity contribution in [1.29, 1.82) is 0 Å². The summed E-state index contributed by atoms with van der Waals surface area (Å²) in [6, 6.07) is 11.0. The summed E-state index contributed by atoms with van der Waals surface area (Å²) in [5.74, 6) is 0.852. The van der Waals surface area contributed by atoms with Gasteiger partial charge in [0.15, 0.2) is 5.11 Å². The van der Waals surface area contributed by atoms with Crippen molar-refractivity contribution in [2.45, 2.75) is 12.9 Å². The van der Waals surface area contributed by atoms with Crippen LogP contribution in [0.5, 0.6) is 17.2 Å². The summed E-state index contributed by atoms with van der Waals surface area (Å²) in [4.78, 5) is 0. The molecule has 2 rings (SSSR count). The highest BCUT2D eigenvalue weighted by molar-refractivity contribution is 7.80. The predicted molar refractivity (Wildman–Crippen MR) is 95.7 cm³/mol. The van der Waals surface area contributed by atoms with E-state index >= 15 is 0 Å². The van der Waals surface area contributed by atoms with Gasteiger partial charge in [-0.3, -0.25) is 0 Å². The Hall–Kier alpha value is -2.68. The van der Waals surface area contributed by atoms with Crippen LogP contribution in [0.1, 0.15) is 5.56 Å². The van der Waals surface area contributed by atoms with E-state index in [1.165, 1.54) is 32.4 Å². The zero-order valence-electron chi connectivity index (χ0n) is 14.0. The van der Waals surface area contributed by atoms with Crippen LogP contribution in [0.25, 0.3) is 0 Å². The maximum Gasteiger partial charge on any atom is 0.573 e. The molecule has 5 nitrogen and oxygen atoms in total. The maximum atomic E-state index is 12.5. The highest BCUT2D eigenvalue weighted by Crippen LogP contribution is 2.29. The molecule has 0 aliphatic carbocycles. The van der Waals surface area contributed by atoms with Crippen LogP contribution in [0.3, 0.4) is 0 Å². The molecule has 9 heteroatoms. The van der Waals surface area contributed by atoms with E-state index in [1.807, 2.05) is 0 Å². The smallest absolute Gasteiger partial charge is 0.497 e. The third-order valence-electron chi connectivity index (χ3n) is 3.29. The number of hydrogen-bond donors (Lipinski definition) is 2. The number of anilines is 1. The number of halogens is 3. The van der Waals surface area contributed by atoms with Gasteiger partial charge in [0.1, 0.15) is 17.2 Å². The predicted octanol–water partition coefficient (Wildman–Crippen LogP) is 4.09. The van der Waals surface area contributed by atoms with E-state index in [1.54, 1.807) is 24.3 Å². The molecular formula is C17H17F3N2O3S. The van der Waals surface area contributed by atoms with Gasteiger partial charge >= 0.3 is 6.36 Å². The lowest BCUT2D eigenvalue weighted by molar-refractivity contribution is -0.274. The molecule has 0 radical (unpaired) electrons. The minimum atomic E-state index is -4.76. The molecule has 140 valence electrons. The van der Waals surface area contributed by atoms with E-state index in [2.05, 4.69) is 15.4 Å². The first-order valence-electron chi connectivity index (χ1n) is 7.43. The number of ether oxygens (including phenoxy) is 3. The van der Waals surface area contributed by atoms with Crippen molar-refractivity contribution in [1.82, 2.24) is 5.32 Å². The molecule has 2 aromatic rings. The number of hydrogen-bond acceptors (Lipinski definition) is 4. The summed E-state index contributed by atoms with van der Waals surface area (Å²) in [7, 11) is 3.04. The lowest BCUT2D eigenvalue weighted by Crippen LogP contribution is -2.28. The topological polar surface area (TPSA) is 51.8 Å². The summed E-state index contributed by atoms with van der Waals surface area (Å²) in [5.41, 5.74) is 0.871. The average Bonchev–Trinajstić information content (AvgIpc) is 2.59. The highest BCUT2D eigenvalue weighted by Gasteiger charge is 2.31. The number of thiocarbonyl (C=S) groups is 1. The first kappa shape index (κ1) is 19.6. The van der Waals surface area contributed by atoms with E-state index in [9.17, 15) is 13.2 Å². The van der Waals surface area contributed by atoms with Crippen molar-refractivity contribution in [2.75, 3.05) is 19.5 Å². The van der Waals surface area contributed by atoms with Crippen LogP contribution in [0.4, 0.5) is 18.9 Å². The lowest BCUT2D eigenvalue weighted by Gasteiger charge is -2.16. The Morgan fingerprint density at radius 3 is 2.42 bits per heavy atom. The fourth-order valence-electron chi connectivity index (χ4n) is 2.13. The van der Waals surface area contributed by atoms with Gasteiger partial charge < -0.3 is 24.8 Å². The molecule has 0 atom stereocenters. The second-order valence-electron chi connectivity index (χ2n) is 5.03. The van der Waals surface area contributed by atoms with E-state index in [4.69, 9.17) is 21.7 Å². The Bertz CT molecular complexity index is 769. The highest BCUT2D eigenvalue weighted by atomic mass is 32.1. The fraction of sp³-hybridized carbons (Fsp3) is 0.235. The summed E-state index contributed by atoms with van der Waals surface area (Å²) >= 11 is 5.19. The number of methoxy groups -OCH3 is 2. The molecular weight excluding hydrogens is 369 g/mol. The molecule has 0 heterocycles. The molecule has 0 fully saturated rings. The van der Waals surface area contributed by atoms with Gasteiger partial charge in [-0.1, -0.05) is 18.2 Å². The quantitative estimate of drug-likeness (QED) is 0.730. The zero-order valence-corrected chi connectivity index (χ0v) is 14.8. The Balaban J connectivity index is 2.04. The van der Waals surface area contributed by atoms with Crippen molar-refractivity contribution < 1.29 is 27.4 Å². The average molecular weight is 386 g/mol. The largest absolute Gasteiger partial charge is 0.573 e. The SMILES string of the molecule is COc1ccc(OC)c(NC(=S)NCc2ccccc2OC(F)(F)F)c1. The Morgan fingerprint density at radius 1 is 1.04 bits per heavy atom. The Labute approximate surface area is 154 Å². The molecule has 0 bridgehead atoms. The van der Waals surface area contributed by atoms with Crippen LogP contribution in [-0.4, -0.2) is 25.7 Å². The molecule has 0 unspecified atom stereocenters. The summed E-state index contributed by atoms with van der Waals surface area (Å²) < 4.78 is 51.8. The normalized spacial score (nSPS) is 10.8. The van der Waals surface area contributed by atoms with Crippen molar-refractivity contribution in [3.63, 3.8) is 0 Å². The van der Waals surface area contributed by atoms with E-state index in [0.717, 1.165) is 0 Å². The van der Waals surface area contributed by atoms with E-state index in [0.29, 0.717) is 22.7 Å². The molecule has 2 N–H and O–H groups in total. The van der Waals surface area contributed by atoms with Crippen LogP contribution >= 0.6 is 12.2 Å². The lowest BCUT2D eigenvalue weighted by atomic mass is 10.2. The Morgan fingerprint density at radius 2 is 1.77 bits per heavy atom. The minimum absolute atomic E-state index is 0.0460. The van der Waals surface area contributed by atoms with Crippen LogP contribution in [-0.2, 0) is 6.54 Å². The van der Waals surface area contributed by atoms with E-state index in [-0.39, 0.29) is 17.4 Å².